The summed E-state index contributed by atoms with van der Waals surface area (Å²) in [6.45, 7) is 5.70. The molecule has 3 rings (SSSR count). The predicted octanol–water partition coefficient (Wildman–Crippen LogP) is 3.95. The molecule has 3 aromatic rings. The number of hydrogen-bond donors (Lipinski definition) is 1. The SMILES string of the molecule is Cc1ccc([C@@H](C)NC(=O)CN(C)S(=O)(=O)c2ccc3ccccc3c2)cc1C. The molecule has 1 atom stereocenters. The van der Waals surface area contributed by atoms with Crippen LogP contribution in [0.2, 0.25) is 0 Å². The van der Waals surface area contributed by atoms with Gasteiger partial charge in [-0.1, -0.05) is 48.5 Å². The van der Waals surface area contributed by atoms with Gasteiger partial charge in [0.2, 0.25) is 15.9 Å². The van der Waals surface area contributed by atoms with Crippen LogP contribution < -0.4 is 5.32 Å². The lowest BCUT2D eigenvalue weighted by Crippen LogP contribution is -2.39. The van der Waals surface area contributed by atoms with Crippen molar-refractivity contribution in [3.8, 4) is 0 Å². The zero-order valence-electron chi connectivity index (χ0n) is 17.1. The first-order valence-corrected chi connectivity index (χ1v) is 10.9. The Morgan fingerprint density at radius 1 is 0.966 bits per heavy atom. The molecule has 0 saturated carbocycles. The van der Waals surface area contributed by atoms with E-state index in [9.17, 15) is 13.2 Å². The number of nitrogens with zero attached hydrogens (tertiary/aromatic N) is 1. The van der Waals surface area contributed by atoms with Crippen LogP contribution in [0.5, 0.6) is 0 Å². The topological polar surface area (TPSA) is 66.5 Å². The van der Waals surface area contributed by atoms with Crippen LogP contribution in [-0.2, 0) is 14.8 Å². The van der Waals surface area contributed by atoms with Gasteiger partial charge in [-0.15, -0.1) is 0 Å². The average molecular weight is 411 g/mol. The normalized spacial score (nSPS) is 12.9. The van der Waals surface area contributed by atoms with Gasteiger partial charge in [0.1, 0.15) is 0 Å². The van der Waals surface area contributed by atoms with Gasteiger partial charge in [-0.25, -0.2) is 8.42 Å². The Morgan fingerprint density at radius 3 is 2.34 bits per heavy atom. The van der Waals surface area contributed by atoms with Crippen molar-refractivity contribution in [2.45, 2.75) is 31.7 Å². The molecule has 0 spiro atoms. The monoisotopic (exact) mass is 410 g/mol. The molecule has 0 heterocycles. The van der Waals surface area contributed by atoms with Gasteiger partial charge in [-0.05, 0) is 60.4 Å². The van der Waals surface area contributed by atoms with Gasteiger partial charge >= 0.3 is 0 Å². The lowest BCUT2D eigenvalue weighted by atomic mass is 10.0. The van der Waals surface area contributed by atoms with E-state index in [1.54, 1.807) is 18.2 Å². The minimum Gasteiger partial charge on any atom is -0.348 e. The third-order valence-electron chi connectivity index (χ3n) is 5.20. The number of fused-ring (bicyclic) bond motifs is 1. The van der Waals surface area contributed by atoms with Crippen LogP contribution in [0.3, 0.4) is 0 Å². The second-order valence-corrected chi connectivity index (χ2v) is 9.45. The van der Waals surface area contributed by atoms with Crippen molar-refractivity contribution in [1.29, 1.82) is 0 Å². The Hall–Kier alpha value is -2.70. The van der Waals surface area contributed by atoms with E-state index in [0.717, 1.165) is 26.2 Å². The molecule has 3 aromatic carbocycles. The Bertz CT molecular complexity index is 1160. The van der Waals surface area contributed by atoms with E-state index in [2.05, 4.69) is 5.32 Å². The van der Waals surface area contributed by atoms with Gasteiger partial charge in [-0.2, -0.15) is 4.31 Å². The van der Waals surface area contributed by atoms with Crippen LogP contribution in [0.15, 0.2) is 65.6 Å². The zero-order valence-corrected chi connectivity index (χ0v) is 18.0. The number of carbonyl (C=O) groups excluding carboxylic acids is 1. The van der Waals surface area contributed by atoms with Crippen LogP contribution in [0, 0.1) is 13.8 Å². The van der Waals surface area contributed by atoms with Gasteiger partial charge in [0, 0.05) is 7.05 Å². The molecular formula is C23H26N2O3S. The molecule has 5 nitrogen and oxygen atoms in total. The highest BCUT2D eigenvalue weighted by atomic mass is 32.2. The van der Waals surface area contributed by atoms with Gasteiger partial charge in [0.15, 0.2) is 0 Å². The van der Waals surface area contributed by atoms with Crippen molar-refractivity contribution in [2.24, 2.45) is 0 Å². The molecule has 0 unspecified atom stereocenters. The Balaban J connectivity index is 1.71. The predicted molar refractivity (Wildman–Crippen MR) is 116 cm³/mol. The van der Waals surface area contributed by atoms with E-state index in [-0.39, 0.29) is 23.4 Å². The number of rotatable bonds is 6. The lowest BCUT2D eigenvalue weighted by molar-refractivity contribution is -0.121. The smallest absolute Gasteiger partial charge is 0.243 e. The molecule has 0 radical (unpaired) electrons. The van der Waals surface area contributed by atoms with E-state index in [1.807, 2.05) is 63.2 Å². The maximum atomic E-state index is 12.9. The standard InChI is InChI=1S/C23H26N2O3S/c1-16-9-10-20(13-17(16)2)18(3)24-23(26)15-25(4)29(27,28)22-12-11-19-7-5-6-8-21(19)14-22/h5-14,18H,15H2,1-4H3,(H,24,26)/t18-/m1/s1. The number of sulfonamides is 1. The second kappa shape index (κ2) is 8.35. The van der Waals surface area contributed by atoms with Crippen molar-refractivity contribution in [3.05, 3.63) is 77.4 Å². The highest BCUT2D eigenvalue weighted by Gasteiger charge is 2.24. The maximum absolute atomic E-state index is 12.9. The average Bonchev–Trinajstić information content (AvgIpc) is 2.69. The van der Waals surface area contributed by atoms with Crippen molar-refractivity contribution < 1.29 is 13.2 Å². The molecule has 0 aliphatic heterocycles. The Labute approximate surface area is 172 Å². The van der Waals surface area contributed by atoms with E-state index in [1.165, 1.54) is 12.6 Å². The third kappa shape index (κ3) is 4.66. The van der Waals surface area contributed by atoms with Crippen LogP contribution in [0.1, 0.15) is 29.7 Å². The van der Waals surface area contributed by atoms with Crippen molar-refractivity contribution in [2.75, 3.05) is 13.6 Å². The molecule has 0 aliphatic carbocycles. The fourth-order valence-corrected chi connectivity index (χ4v) is 4.36. The molecule has 1 N–H and O–H groups in total. The Kier molecular flexibility index (Phi) is 6.05. The van der Waals surface area contributed by atoms with Crippen LogP contribution >= 0.6 is 0 Å². The van der Waals surface area contributed by atoms with Gasteiger partial charge < -0.3 is 5.32 Å². The molecule has 0 fully saturated rings. The van der Waals surface area contributed by atoms with E-state index in [4.69, 9.17) is 0 Å². The summed E-state index contributed by atoms with van der Waals surface area (Å²) in [7, 11) is -2.34. The summed E-state index contributed by atoms with van der Waals surface area (Å²) in [5.74, 6) is -0.345. The number of hydrogen-bond acceptors (Lipinski definition) is 3. The lowest BCUT2D eigenvalue weighted by Gasteiger charge is -2.20. The maximum Gasteiger partial charge on any atom is 0.243 e. The van der Waals surface area contributed by atoms with E-state index >= 15 is 0 Å². The molecular weight excluding hydrogens is 384 g/mol. The highest BCUT2D eigenvalue weighted by molar-refractivity contribution is 7.89. The van der Waals surface area contributed by atoms with E-state index < -0.39 is 10.0 Å². The Morgan fingerprint density at radius 2 is 1.66 bits per heavy atom. The fourth-order valence-electron chi connectivity index (χ4n) is 3.20. The molecule has 0 aromatic heterocycles. The largest absolute Gasteiger partial charge is 0.348 e. The summed E-state index contributed by atoms with van der Waals surface area (Å²) >= 11 is 0. The summed E-state index contributed by atoms with van der Waals surface area (Å²) in [5, 5.41) is 4.69. The number of carbonyl (C=O) groups is 1. The third-order valence-corrected chi connectivity index (χ3v) is 7.00. The molecule has 152 valence electrons. The quantitative estimate of drug-likeness (QED) is 0.669. The van der Waals surface area contributed by atoms with Gasteiger partial charge in [0.05, 0.1) is 17.5 Å². The minimum absolute atomic E-state index is 0.175. The summed E-state index contributed by atoms with van der Waals surface area (Å²) in [5.41, 5.74) is 3.33. The number of nitrogens with one attached hydrogen (secondary N) is 1. The second-order valence-electron chi connectivity index (χ2n) is 7.40. The van der Waals surface area contributed by atoms with E-state index in [0.29, 0.717) is 0 Å². The number of likely N-dealkylation sites (N-methyl/N-ethyl adjacent to an activating group) is 1. The first-order chi connectivity index (χ1) is 13.7. The molecule has 0 bridgehead atoms. The highest BCUT2D eigenvalue weighted by Crippen LogP contribution is 2.21. The molecule has 0 aliphatic rings. The first kappa shape index (κ1) is 21.0. The fraction of sp³-hybridized carbons (Fsp3) is 0.261. The van der Waals surface area contributed by atoms with Crippen molar-refractivity contribution in [1.82, 2.24) is 9.62 Å². The summed E-state index contributed by atoms with van der Waals surface area (Å²) in [4.78, 5) is 12.6. The molecule has 6 heteroatoms. The zero-order chi connectivity index (χ0) is 21.2. The number of aryl methyl sites for hydroxylation is 2. The number of benzene rings is 3. The number of amides is 1. The van der Waals surface area contributed by atoms with Gasteiger partial charge in [0.25, 0.3) is 0 Å². The molecule has 0 saturated heterocycles. The summed E-state index contributed by atoms with van der Waals surface area (Å²) in [6.07, 6.45) is 0. The summed E-state index contributed by atoms with van der Waals surface area (Å²) < 4.78 is 26.9. The summed E-state index contributed by atoms with van der Waals surface area (Å²) in [6, 6.07) is 18.4. The van der Waals surface area contributed by atoms with Crippen LogP contribution in [-0.4, -0.2) is 32.2 Å². The van der Waals surface area contributed by atoms with Crippen molar-refractivity contribution in [3.63, 3.8) is 0 Å². The molecule has 1 amide bonds. The minimum atomic E-state index is -3.77. The van der Waals surface area contributed by atoms with Crippen LogP contribution in [0.4, 0.5) is 0 Å². The van der Waals surface area contributed by atoms with Gasteiger partial charge in [-0.3, -0.25) is 4.79 Å². The van der Waals surface area contributed by atoms with Crippen molar-refractivity contribution >= 4 is 26.7 Å². The molecule has 29 heavy (non-hydrogen) atoms. The van der Waals surface area contributed by atoms with Crippen LogP contribution in [0.25, 0.3) is 10.8 Å². The first-order valence-electron chi connectivity index (χ1n) is 9.50.